The maximum atomic E-state index is 13.2. The van der Waals surface area contributed by atoms with Crippen molar-refractivity contribution >= 4 is 27.5 Å². The van der Waals surface area contributed by atoms with Crippen LogP contribution in [0.1, 0.15) is 53.2 Å². The molecule has 4 rings (SSSR count). The average Bonchev–Trinajstić information content (AvgIpc) is 3.27. The SMILES string of the molecule is Cc1ccc(C)n1-c1c(C(=O)NCCN(C)C2CCCCC2)sc2ncccc12. The molecule has 0 atom stereocenters. The zero-order chi connectivity index (χ0) is 20.4. The maximum Gasteiger partial charge on any atom is 0.263 e. The number of likely N-dealkylation sites (N-methyl/N-ethyl adjacent to an activating group) is 1. The molecule has 0 bridgehead atoms. The first-order valence-corrected chi connectivity index (χ1v) is 11.4. The third-order valence-corrected chi connectivity index (χ3v) is 7.19. The molecule has 0 radical (unpaired) electrons. The van der Waals surface area contributed by atoms with Crippen LogP contribution in [0.3, 0.4) is 0 Å². The Balaban J connectivity index is 1.54. The number of nitrogens with zero attached hydrogens (tertiary/aromatic N) is 3. The van der Waals surface area contributed by atoms with E-state index >= 15 is 0 Å². The normalized spacial score (nSPS) is 15.3. The molecule has 1 aliphatic carbocycles. The molecule has 3 heterocycles. The summed E-state index contributed by atoms with van der Waals surface area (Å²) >= 11 is 1.48. The number of rotatable bonds is 6. The second-order valence-electron chi connectivity index (χ2n) is 8.12. The van der Waals surface area contributed by atoms with Crippen molar-refractivity contribution in [3.63, 3.8) is 0 Å². The van der Waals surface area contributed by atoms with Gasteiger partial charge in [-0.2, -0.15) is 0 Å². The third-order valence-electron chi connectivity index (χ3n) is 6.09. The molecule has 0 saturated heterocycles. The minimum absolute atomic E-state index is 0.00690. The van der Waals surface area contributed by atoms with E-state index in [2.05, 4.69) is 58.9 Å². The summed E-state index contributed by atoms with van der Waals surface area (Å²) in [4.78, 5) is 21.7. The predicted molar refractivity (Wildman–Crippen MR) is 120 cm³/mol. The van der Waals surface area contributed by atoms with Gasteiger partial charge < -0.3 is 14.8 Å². The standard InChI is InChI=1S/C23H30N4OS/c1-16-11-12-17(2)27(16)20-19-10-7-13-25-23(19)29-21(20)22(28)24-14-15-26(3)18-8-5-4-6-9-18/h7,10-13,18H,4-6,8-9,14-15H2,1-3H3,(H,24,28). The number of hydrogen-bond donors (Lipinski definition) is 1. The highest BCUT2D eigenvalue weighted by molar-refractivity contribution is 7.21. The highest BCUT2D eigenvalue weighted by Crippen LogP contribution is 2.34. The molecule has 3 aromatic heterocycles. The van der Waals surface area contributed by atoms with Gasteiger partial charge in [0.05, 0.1) is 5.69 Å². The smallest absolute Gasteiger partial charge is 0.263 e. The van der Waals surface area contributed by atoms with Crippen molar-refractivity contribution in [2.75, 3.05) is 20.1 Å². The fourth-order valence-electron chi connectivity index (χ4n) is 4.45. The quantitative estimate of drug-likeness (QED) is 0.641. The number of amides is 1. The summed E-state index contributed by atoms with van der Waals surface area (Å²) in [5.74, 6) is -0.00690. The van der Waals surface area contributed by atoms with Gasteiger partial charge in [-0.3, -0.25) is 4.79 Å². The number of hydrogen-bond acceptors (Lipinski definition) is 4. The summed E-state index contributed by atoms with van der Waals surface area (Å²) < 4.78 is 2.17. The Morgan fingerprint density at radius 1 is 1.21 bits per heavy atom. The highest BCUT2D eigenvalue weighted by atomic mass is 32.1. The van der Waals surface area contributed by atoms with Crippen molar-refractivity contribution in [1.82, 2.24) is 19.8 Å². The van der Waals surface area contributed by atoms with Crippen molar-refractivity contribution in [3.8, 4) is 5.69 Å². The van der Waals surface area contributed by atoms with E-state index in [0.29, 0.717) is 12.6 Å². The first-order valence-electron chi connectivity index (χ1n) is 10.6. The average molecular weight is 411 g/mol. The number of pyridine rings is 1. The first kappa shape index (κ1) is 20.1. The van der Waals surface area contributed by atoms with Crippen LogP contribution < -0.4 is 5.32 Å². The Kier molecular flexibility index (Phi) is 6.01. The molecule has 1 aliphatic rings. The van der Waals surface area contributed by atoms with Gasteiger partial charge >= 0.3 is 0 Å². The minimum atomic E-state index is -0.00690. The van der Waals surface area contributed by atoms with Crippen LogP contribution in [0.5, 0.6) is 0 Å². The molecule has 5 nitrogen and oxygen atoms in total. The molecule has 1 amide bonds. The Labute approximate surface area is 176 Å². The minimum Gasteiger partial charge on any atom is -0.350 e. The molecule has 1 N–H and O–H groups in total. The number of aromatic nitrogens is 2. The van der Waals surface area contributed by atoms with E-state index < -0.39 is 0 Å². The van der Waals surface area contributed by atoms with Gasteiger partial charge in [0.25, 0.3) is 5.91 Å². The maximum absolute atomic E-state index is 13.2. The van der Waals surface area contributed by atoms with Gasteiger partial charge in [-0.15, -0.1) is 11.3 Å². The van der Waals surface area contributed by atoms with Gasteiger partial charge in [0.15, 0.2) is 0 Å². The van der Waals surface area contributed by atoms with Crippen LogP contribution in [0.4, 0.5) is 0 Å². The van der Waals surface area contributed by atoms with Gasteiger partial charge in [-0.05, 0) is 58.0 Å². The number of aryl methyl sites for hydroxylation is 2. The van der Waals surface area contributed by atoms with Gasteiger partial charge in [0.1, 0.15) is 9.71 Å². The summed E-state index contributed by atoms with van der Waals surface area (Å²) in [5, 5.41) is 4.19. The van der Waals surface area contributed by atoms with Crippen LogP contribution in [0.15, 0.2) is 30.5 Å². The second kappa shape index (κ2) is 8.67. The van der Waals surface area contributed by atoms with E-state index in [1.54, 1.807) is 6.20 Å². The Morgan fingerprint density at radius 3 is 2.66 bits per heavy atom. The van der Waals surface area contributed by atoms with Crippen LogP contribution in [-0.4, -0.2) is 46.5 Å². The Morgan fingerprint density at radius 2 is 1.93 bits per heavy atom. The van der Waals surface area contributed by atoms with Crippen molar-refractivity contribution < 1.29 is 4.79 Å². The van der Waals surface area contributed by atoms with Crippen LogP contribution in [-0.2, 0) is 0 Å². The molecular formula is C23H30N4OS. The zero-order valence-electron chi connectivity index (χ0n) is 17.6. The van der Waals surface area contributed by atoms with Gasteiger partial charge in [0.2, 0.25) is 0 Å². The van der Waals surface area contributed by atoms with Crippen molar-refractivity contribution in [2.45, 2.75) is 52.0 Å². The molecular weight excluding hydrogens is 380 g/mol. The lowest BCUT2D eigenvalue weighted by atomic mass is 9.94. The van der Waals surface area contributed by atoms with E-state index in [4.69, 9.17) is 0 Å². The number of carbonyl (C=O) groups is 1. The highest BCUT2D eigenvalue weighted by Gasteiger charge is 2.23. The third kappa shape index (κ3) is 4.09. The monoisotopic (exact) mass is 410 g/mol. The van der Waals surface area contributed by atoms with Gasteiger partial charge in [0, 0.05) is 42.1 Å². The lowest BCUT2D eigenvalue weighted by molar-refractivity contribution is 0.0948. The van der Waals surface area contributed by atoms with Crippen LogP contribution in [0.2, 0.25) is 0 Å². The predicted octanol–water partition coefficient (Wildman–Crippen LogP) is 4.70. The van der Waals surface area contributed by atoms with Gasteiger partial charge in [-0.25, -0.2) is 4.98 Å². The Hall–Kier alpha value is -2.18. The molecule has 1 saturated carbocycles. The molecule has 6 heteroatoms. The van der Waals surface area contributed by atoms with Gasteiger partial charge in [-0.1, -0.05) is 19.3 Å². The van der Waals surface area contributed by atoms with E-state index in [0.717, 1.165) is 38.7 Å². The summed E-state index contributed by atoms with van der Waals surface area (Å²) in [5.41, 5.74) is 3.20. The zero-order valence-corrected chi connectivity index (χ0v) is 18.4. The fraction of sp³-hybridized carbons (Fsp3) is 0.478. The molecule has 0 unspecified atom stereocenters. The summed E-state index contributed by atoms with van der Waals surface area (Å²) in [6.07, 6.45) is 8.37. The summed E-state index contributed by atoms with van der Waals surface area (Å²) in [6.45, 7) is 5.70. The molecule has 1 fully saturated rings. The van der Waals surface area contributed by atoms with E-state index in [1.165, 1.54) is 43.4 Å². The molecule has 29 heavy (non-hydrogen) atoms. The fourth-order valence-corrected chi connectivity index (χ4v) is 5.49. The van der Waals surface area contributed by atoms with Crippen LogP contribution in [0, 0.1) is 13.8 Å². The summed E-state index contributed by atoms with van der Waals surface area (Å²) in [7, 11) is 2.18. The number of fused-ring (bicyclic) bond motifs is 1. The van der Waals surface area contributed by atoms with E-state index in [9.17, 15) is 4.79 Å². The summed E-state index contributed by atoms with van der Waals surface area (Å²) in [6, 6.07) is 8.84. The lowest BCUT2D eigenvalue weighted by Crippen LogP contribution is -2.39. The molecule has 0 spiro atoms. The largest absolute Gasteiger partial charge is 0.350 e. The van der Waals surface area contributed by atoms with E-state index in [1.807, 2.05) is 6.07 Å². The molecule has 154 valence electrons. The van der Waals surface area contributed by atoms with Crippen molar-refractivity contribution in [1.29, 1.82) is 0 Å². The lowest BCUT2D eigenvalue weighted by Gasteiger charge is -2.31. The Bertz CT molecular complexity index is 980. The molecule has 0 aliphatic heterocycles. The second-order valence-corrected chi connectivity index (χ2v) is 9.11. The number of carbonyl (C=O) groups excluding carboxylic acids is 1. The number of nitrogens with one attached hydrogen (secondary N) is 1. The number of thiophene rings is 1. The van der Waals surface area contributed by atoms with Crippen LogP contribution >= 0.6 is 11.3 Å². The topological polar surface area (TPSA) is 50.2 Å². The van der Waals surface area contributed by atoms with E-state index in [-0.39, 0.29) is 5.91 Å². The van der Waals surface area contributed by atoms with Crippen LogP contribution in [0.25, 0.3) is 15.9 Å². The molecule has 0 aromatic carbocycles. The van der Waals surface area contributed by atoms with Crippen molar-refractivity contribution in [2.24, 2.45) is 0 Å². The molecule has 3 aromatic rings. The van der Waals surface area contributed by atoms with Crippen molar-refractivity contribution in [3.05, 3.63) is 46.7 Å². The first-order chi connectivity index (χ1) is 14.1.